The number of benzene rings is 1. The molecule has 0 saturated carbocycles. The van der Waals surface area contributed by atoms with Gasteiger partial charge in [-0.2, -0.15) is 0 Å². The molecule has 1 heterocycles. The van der Waals surface area contributed by atoms with Crippen molar-refractivity contribution in [2.24, 2.45) is 5.92 Å². The molecule has 1 aliphatic rings. The third-order valence-electron chi connectivity index (χ3n) is 4.06. The van der Waals surface area contributed by atoms with E-state index in [1.165, 1.54) is 23.1 Å². The van der Waals surface area contributed by atoms with Gasteiger partial charge in [0.1, 0.15) is 0 Å². The lowest BCUT2D eigenvalue weighted by molar-refractivity contribution is 0.0872. The second kappa shape index (κ2) is 6.35. The summed E-state index contributed by atoms with van der Waals surface area (Å²) in [5.74, 6) is 0.696. The van der Waals surface area contributed by atoms with E-state index < -0.39 is 0 Å². The van der Waals surface area contributed by atoms with Crippen LogP contribution in [-0.4, -0.2) is 19.3 Å². The monoisotopic (exact) mass is 247 g/mol. The van der Waals surface area contributed by atoms with Crippen LogP contribution in [0.25, 0.3) is 0 Å². The quantitative estimate of drug-likeness (QED) is 0.862. The number of ether oxygens (including phenoxy) is 1. The largest absolute Gasteiger partial charge is 0.378 e. The van der Waals surface area contributed by atoms with E-state index in [4.69, 9.17) is 4.74 Å². The van der Waals surface area contributed by atoms with E-state index in [1.807, 2.05) is 0 Å². The van der Waals surface area contributed by atoms with Crippen LogP contribution >= 0.6 is 0 Å². The Bertz CT molecular complexity index is 389. The third kappa shape index (κ3) is 3.33. The van der Waals surface area contributed by atoms with Crippen LogP contribution in [0.2, 0.25) is 0 Å². The highest BCUT2D eigenvalue weighted by Crippen LogP contribution is 2.22. The Balaban J connectivity index is 1.79. The Labute approximate surface area is 111 Å². The second-order valence-corrected chi connectivity index (χ2v) is 5.42. The summed E-state index contributed by atoms with van der Waals surface area (Å²) in [6.07, 6.45) is 2.81. The second-order valence-electron chi connectivity index (χ2n) is 5.42. The van der Waals surface area contributed by atoms with Gasteiger partial charge in [-0.05, 0) is 49.3 Å². The van der Waals surface area contributed by atoms with Crippen molar-refractivity contribution in [1.29, 1.82) is 0 Å². The lowest BCUT2D eigenvalue weighted by atomic mass is 9.99. The minimum atomic E-state index is 0.470. The highest BCUT2D eigenvalue weighted by atomic mass is 16.5. The molecule has 1 saturated heterocycles. The van der Waals surface area contributed by atoms with Gasteiger partial charge in [0.25, 0.3) is 0 Å². The molecule has 1 N–H and O–H groups in total. The summed E-state index contributed by atoms with van der Waals surface area (Å²) in [5, 5.41) is 3.57. The zero-order chi connectivity index (χ0) is 13.0. The maximum atomic E-state index is 5.71. The van der Waals surface area contributed by atoms with E-state index in [-0.39, 0.29) is 0 Å². The molecular weight excluding hydrogens is 222 g/mol. The van der Waals surface area contributed by atoms with Gasteiger partial charge in [0.2, 0.25) is 0 Å². The molecule has 2 heteroatoms. The molecule has 2 unspecified atom stereocenters. The van der Waals surface area contributed by atoms with E-state index in [0.29, 0.717) is 12.0 Å². The van der Waals surface area contributed by atoms with Gasteiger partial charge in [-0.3, -0.25) is 0 Å². The van der Waals surface area contributed by atoms with Gasteiger partial charge in [-0.1, -0.05) is 25.1 Å². The molecule has 1 aliphatic heterocycles. The Morgan fingerprint density at radius 2 is 2.11 bits per heavy atom. The van der Waals surface area contributed by atoms with Crippen molar-refractivity contribution < 1.29 is 4.74 Å². The van der Waals surface area contributed by atoms with Crippen molar-refractivity contribution in [2.75, 3.05) is 13.2 Å². The summed E-state index contributed by atoms with van der Waals surface area (Å²) in [5.41, 5.74) is 4.13. The maximum absolute atomic E-state index is 5.71. The lowest BCUT2D eigenvalue weighted by Crippen LogP contribution is -2.27. The van der Waals surface area contributed by atoms with Crippen molar-refractivity contribution in [3.63, 3.8) is 0 Å². The average Bonchev–Trinajstić information content (AvgIpc) is 2.81. The summed E-state index contributed by atoms with van der Waals surface area (Å²) in [4.78, 5) is 0. The fourth-order valence-corrected chi connectivity index (χ4v) is 2.69. The van der Waals surface area contributed by atoms with Crippen LogP contribution in [0, 0.1) is 19.8 Å². The third-order valence-corrected chi connectivity index (χ3v) is 4.06. The molecule has 0 bridgehead atoms. The number of nitrogens with one attached hydrogen (secondary N) is 1. The molecule has 1 fully saturated rings. The highest BCUT2D eigenvalue weighted by Gasteiger charge is 2.25. The molecule has 2 rings (SSSR count). The molecule has 0 aromatic heterocycles. The van der Waals surface area contributed by atoms with E-state index in [2.05, 4.69) is 44.3 Å². The molecule has 1 aromatic rings. The Kier molecular flexibility index (Phi) is 4.79. The van der Waals surface area contributed by atoms with E-state index >= 15 is 0 Å². The zero-order valence-electron chi connectivity index (χ0n) is 11.8. The molecule has 100 valence electrons. The van der Waals surface area contributed by atoms with Crippen molar-refractivity contribution in [1.82, 2.24) is 5.32 Å². The van der Waals surface area contributed by atoms with E-state index in [9.17, 15) is 0 Å². The Hall–Kier alpha value is -0.860. The first-order chi connectivity index (χ1) is 8.70. The van der Waals surface area contributed by atoms with Crippen molar-refractivity contribution >= 4 is 0 Å². The van der Waals surface area contributed by atoms with Crippen LogP contribution in [0.4, 0.5) is 0 Å². The minimum absolute atomic E-state index is 0.470. The molecule has 0 amide bonds. The Morgan fingerprint density at radius 3 is 2.83 bits per heavy atom. The van der Waals surface area contributed by atoms with Gasteiger partial charge >= 0.3 is 0 Å². The average molecular weight is 247 g/mol. The SMILES string of the molecule is CCC1OCCC1CNCc1ccc(C)c(C)c1. The predicted molar refractivity (Wildman–Crippen MR) is 75.8 cm³/mol. The van der Waals surface area contributed by atoms with Gasteiger partial charge in [-0.15, -0.1) is 0 Å². The molecule has 1 aromatic carbocycles. The molecule has 0 aliphatic carbocycles. The van der Waals surface area contributed by atoms with Crippen LogP contribution < -0.4 is 5.32 Å². The van der Waals surface area contributed by atoms with Crippen LogP contribution in [0.1, 0.15) is 36.5 Å². The highest BCUT2D eigenvalue weighted by molar-refractivity contribution is 5.29. The van der Waals surface area contributed by atoms with Gasteiger partial charge in [0, 0.05) is 19.7 Å². The van der Waals surface area contributed by atoms with Crippen LogP contribution in [-0.2, 0) is 11.3 Å². The fourth-order valence-electron chi connectivity index (χ4n) is 2.69. The summed E-state index contributed by atoms with van der Waals surface area (Å²) in [6.45, 7) is 9.53. The first-order valence-corrected chi connectivity index (χ1v) is 7.09. The summed E-state index contributed by atoms with van der Waals surface area (Å²) >= 11 is 0. The molecule has 2 nitrogen and oxygen atoms in total. The predicted octanol–water partition coefficient (Wildman–Crippen LogP) is 3.21. The van der Waals surface area contributed by atoms with Crippen molar-refractivity contribution in [2.45, 2.75) is 46.3 Å². The molecule has 18 heavy (non-hydrogen) atoms. The lowest BCUT2D eigenvalue weighted by Gasteiger charge is -2.17. The summed E-state index contributed by atoms with van der Waals surface area (Å²) < 4.78 is 5.71. The van der Waals surface area contributed by atoms with Crippen molar-refractivity contribution in [3.05, 3.63) is 34.9 Å². The topological polar surface area (TPSA) is 21.3 Å². The zero-order valence-corrected chi connectivity index (χ0v) is 11.8. The van der Waals surface area contributed by atoms with Crippen LogP contribution in [0.5, 0.6) is 0 Å². The van der Waals surface area contributed by atoms with Crippen LogP contribution in [0.3, 0.4) is 0 Å². The smallest absolute Gasteiger partial charge is 0.0613 e. The Morgan fingerprint density at radius 1 is 1.28 bits per heavy atom. The fraction of sp³-hybridized carbons (Fsp3) is 0.625. The summed E-state index contributed by atoms with van der Waals surface area (Å²) in [7, 11) is 0. The van der Waals surface area contributed by atoms with Gasteiger partial charge in [-0.25, -0.2) is 0 Å². The number of hydrogen-bond acceptors (Lipinski definition) is 2. The number of rotatable bonds is 5. The number of aryl methyl sites for hydroxylation is 2. The molecule has 0 spiro atoms. The normalized spacial score (nSPS) is 23.5. The first kappa shape index (κ1) is 13.6. The minimum Gasteiger partial charge on any atom is -0.378 e. The number of hydrogen-bond donors (Lipinski definition) is 1. The molecular formula is C16H25NO. The van der Waals surface area contributed by atoms with Crippen molar-refractivity contribution in [3.8, 4) is 0 Å². The molecule has 2 atom stereocenters. The van der Waals surface area contributed by atoms with Gasteiger partial charge in [0.05, 0.1) is 6.10 Å². The standard InChI is InChI=1S/C16H25NO/c1-4-16-15(7-8-18-16)11-17-10-14-6-5-12(2)13(3)9-14/h5-6,9,15-17H,4,7-8,10-11H2,1-3H3. The van der Waals surface area contributed by atoms with Crippen LogP contribution in [0.15, 0.2) is 18.2 Å². The van der Waals surface area contributed by atoms with E-state index in [0.717, 1.165) is 26.1 Å². The maximum Gasteiger partial charge on any atom is 0.0613 e. The van der Waals surface area contributed by atoms with E-state index in [1.54, 1.807) is 0 Å². The first-order valence-electron chi connectivity index (χ1n) is 7.09. The summed E-state index contributed by atoms with van der Waals surface area (Å²) in [6, 6.07) is 6.71. The van der Waals surface area contributed by atoms with Gasteiger partial charge in [0.15, 0.2) is 0 Å². The molecule has 0 radical (unpaired) electrons. The van der Waals surface area contributed by atoms with Gasteiger partial charge < -0.3 is 10.1 Å².